The van der Waals surface area contributed by atoms with Gasteiger partial charge < -0.3 is 10.0 Å². The Morgan fingerprint density at radius 1 is 1.60 bits per heavy atom. The van der Waals surface area contributed by atoms with Gasteiger partial charge in [0.1, 0.15) is 5.75 Å². The van der Waals surface area contributed by atoms with Gasteiger partial charge in [-0.15, -0.1) is 6.58 Å². The van der Waals surface area contributed by atoms with E-state index in [1.807, 2.05) is 11.0 Å². The molecule has 1 aromatic rings. The minimum absolute atomic E-state index is 0.0207. The number of nitrogens with zero attached hydrogens (tertiary/aromatic N) is 2. The molecule has 4 nitrogen and oxygen atoms in total. The van der Waals surface area contributed by atoms with Crippen molar-refractivity contribution in [3.8, 4) is 5.75 Å². The molecule has 1 aliphatic heterocycles. The van der Waals surface area contributed by atoms with E-state index in [1.54, 1.807) is 0 Å². The van der Waals surface area contributed by atoms with E-state index in [-0.39, 0.29) is 23.1 Å². The maximum Gasteiger partial charge on any atom is 0.255 e. The summed E-state index contributed by atoms with van der Waals surface area (Å²) in [5, 5.41) is 9.48. The minimum Gasteiger partial charge on any atom is -0.506 e. The van der Waals surface area contributed by atoms with Gasteiger partial charge in [-0.1, -0.05) is 19.9 Å². The van der Waals surface area contributed by atoms with E-state index in [1.165, 1.54) is 18.5 Å². The van der Waals surface area contributed by atoms with Gasteiger partial charge in [0.05, 0.1) is 11.8 Å². The quantitative estimate of drug-likeness (QED) is 0.862. The van der Waals surface area contributed by atoms with Crippen LogP contribution in [-0.2, 0) is 0 Å². The van der Waals surface area contributed by atoms with E-state index in [2.05, 4.69) is 25.4 Å². The van der Waals surface area contributed by atoms with Gasteiger partial charge in [0, 0.05) is 18.8 Å². The van der Waals surface area contributed by atoms with E-state index >= 15 is 0 Å². The largest absolute Gasteiger partial charge is 0.506 e. The standard InChI is InChI=1S/C16H22N2O2/c1-4-6-14-16(2,3)7-5-8-18(14)15(20)12-9-13(19)11-17-10-12/h4,9-11,14,19H,1,5-8H2,2-3H3. The first-order chi connectivity index (χ1) is 9.45. The predicted octanol–water partition coefficient (Wildman–Crippen LogP) is 2.99. The van der Waals surface area contributed by atoms with Crippen molar-refractivity contribution >= 4 is 5.91 Å². The summed E-state index contributed by atoms with van der Waals surface area (Å²) in [7, 11) is 0. The van der Waals surface area contributed by atoms with Gasteiger partial charge in [-0.3, -0.25) is 9.78 Å². The summed E-state index contributed by atoms with van der Waals surface area (Å²) in [5.74, 6) is -0.0413. The fourth-order valence-corrected chi connectivity index (χ4v) is 3.01. The van der Waals surface area contributed by atoms with Crippen molar-refractivity contribution in [3.05, 3.63) is 36.7 Å². The lowest BCUT2D eigenvalue weighted by molar-refractivity contribution is 0.0287. The lowest BCUT2D eigenvalue weighted by Gasteiger charge is -2.46. The fraction of sp³-hybridized carbons (Fsp3) is 0.500. The Hall–Kier alpha value is -1.84. The zero-order chi connectivity index (χ0) is 14.8. The molecule has 1 atom stereocenters. The van der Waals surface area contributed by atoms with Gasteiger partial charge in [0.25, 0.3) is 5.91 Å². The SMILES string of the molecule is C=CCC1N(C(=O)c2cncc(O)c2)CCCC1(C)C. The van der Waals surface area contributed by atoms with Crippen LogP contribution >= 0.6 is 0 Å². The first kappa shape index (κ1) is 14.6. The second kappa shape index (κ2) is 5.65. The summed E-state index contributed by atoms with van der Waals surface area (Å²) in [6.45, 7) is 8.95. The van der Waals surface area contributed by atoms with Crippen LogP contribution in [0.15, 0.2) is 31.1 Å². The first-order valence-corrected chi connectivity index (χ1v) is 7.01. The summed E-state index contributed by atoms with van der Waals surface area (Å²) < 4.78 is 0. The molecule has 0 saturated carbocycles. The number of piperidine rings is 1. The third-order valence-corrected chi connectivity index (χ3v) is 4.12. The van der Waals surface area contributed by atoms with Crippen LogP contribution in [0.1, 0.15) is 43.5 Å². The molecule has 2 rings (SSSR count). The number of hydrogen-bond donors (Lipinski definition) is 1. The topological polar surface area (TPSA) is 53.4 Å². The van der Waals surface area contributed by atoms with Crippen LogP contribution in [0.3, 0.4) is 0 Å². The zero-order valence-corrected chi connectivity index (χ0v) is 12.2. The molecular formula is C16H22N2O2. The normalized spacial score (nSPS) is 21.5. The van der Waals surface area contributed by atoms with Crippen molar-refractivity contribution in [1.82, 2.24) is 9.88 Å². The number of rotatable bonds is 3. The van der Waals surface area contributed by atoms with Crippen molar-refractivity contribution in [2.45, 2.75) is 39.2 Å². The Morgan fingerprint density at radius 2 is 2.35 bits per heavy atom. The van der Waals surface area contributed by atoms with E-state index in [4.69, 9.17) is 0 Å². The molecule has 1 aromatic heterocycles. The highest BCUT2D eigenvalue weighted by atomic mass is 16.3. The van der Waals surface area contributed by atoms with Gasteiger partial charge in [-0.05, 0) is 30.7 Å². The first-order valence-electron chi connectivity index (χ1n) is 7.01. The minimum atomic E-state index is -0.0620. The fourth-order valence-electron chi connectivity index (χ4n) is 3.01. The Morgan fingerprint density at radius 3 is 3.00 bits per heavy atom. The molecule has 1 saturated heterocycles. The average Bonchev–Trinajstić information content (AvgIpc) is 2.40. The van der Waals surface area contributed by atoms with Crippen LogP contribution in [0.25, 0.3) is 0 Å². The van der Waals surface area contributed by atoms with Crippen molar-refractivity contribution in [2.24, 2.45) is 5.41 Å². The summed E-state index contributed by atoms with van der Waals surface area (Å²) in [4.78, 5) is 18.5. The molecule has 1 N–H and O–H groups in total. The van der Waals surface area contributed by atoms with E-state index in [9.17, 15) is 9.90 Å². The predicted molar refractivity (Wildman–Crippen MR) is 78.6 cm³/mol. The van der Waals surface area contributed by atoms with Gasteiger partial charge >= 0.3 is 0 Å². The number of likely N-dealkylation sites (tertiary alicyclic amines) is 1. The average molecular weight is 274 g/mol. The number of pyridine rings is 1. The van der Waals surface area contributed by atoms with Gasteiger partial charge in [0.15, 0.2) is 0 Å². The van der Waals surface area contributed by atoms with Crippen LogP contribution in [-0.4, -0.2) is 33.5 Å². The smallest absolute Gasteiger partial charge is 0.255 e. The van der Waals surface area contributed by atoms with Crippen LogP contribution in [0.2, 0.25) is 0 Å². The van der Waals surface area contributed by atoms with Crippen LogP contribution in [0, 0.1) is 5.41 Å². The van der Waals surface area contributed by atoms with E-state index in [0.717, 1.165) is 25.8 Å². The Kier molecular flexibility index (Phi) is 4.12. The second-order valence-corrected chi connectivity index (χ2v) is 6.06. The Bertz CT molecular complexity index is 511. The molecule has 4 heteroatoms. The van der Waals surface area contributed by atoms with Gasteiger partial charge in [-0.25, -0.2) is 0 Å². The summed E-state index contributed by atoms with van der Waals surface area (Å²) in [5.41, 5.74) is 0.517. The molecule has 0 aromatic carbocycles. The highest BCUT2D eigenvalue weighted by molar-refractivity contribution is 5.94. The molecule has 1 amide bonds. The van der Waals surface area contributed by atoms with Crippen molar-refractivity contribution in [2.75, 3.05) is 6.54 Å². The summed E-state index contributed by atoms with van der Waals surface area (Å²) in [6, 6.07) is 1.62. The molecule has 0 spiro atoms. The summed E-state index contributed by atoms with van der Waals surface area (Å²) in [6.07, 6.45) is 7.60. The van der Waals surface area contributed by atoms with Crippen molar-refractivity contribution < 1.29 is 9.90 Å². The monoisotopic (exact) mass is 274 g/mol. The maximum atomic E-state index is 12.7. The Labute approximate surface area is 120 Å². The van der Waals surface area contributed by atoms with Crippen LogP contribution in [0.4, 0.5) is 0 Å². The lowest BCUT2D eigenvalue weighted by Crippen LogP contribution is -2.52. The second-order valence-electron chi connectivity index (χ2n) is 6.06. The third-order valence-electron chi connectivity index (χ3n) is 4.12. The van der Waals surface area contributed by atoms with Crippen LogP contribution < -0.4 is 0 Å². The van der Waals surface area contributed by atoms with Crippen molar-refractivity contribution in [1.29, 1.82) is 0 Å². The highest BCUT2D eigenvalue weighted by Gasteiger charge is 2.39. The van der Waals surface area contributed by atoms with Crippen molar-refractivity contribution in [3.63, 3.8) is 0 Å². The number of carbonyl (C=O) groups is 1. The van der Waals surface area contributed by atoms with Gasteiger partial charge in [-0.2, -0.15) is 0 Å². The molecular weight excluding hydrogens is 252 g/mol. The molecule has 2 heterocycles. The van der Waals surface area contributed by atoms with E-state index < -0.39 is 0 Å². The van der Waals surface area contributed by atoms with E-state index in [0.29, 0.717) is 5.56 Å². The maximum absolute atomic E-state index is 12.7. The number of aromatic hydroxyl groups is 1. The molecule has 1 fully saturated rings. The molecule has 0 radical (unpaired) electrons. The number of aromatic nitrogens is 1. The van der Waals surface area contributed by atoms with Gasteiger partial charge in [0.2, 0.25) is 0 Å². The third kappa shape index (κ3) is 2.84. The molecule has 0 aliphatic carbocycles. The van der Waals surface area contributed by atoms with Crippen LogP contribution in [0.5, 0.6) is 5.75 Å². The molecule has 0 bridgehead atoms. The number of amides is 1. The molecule has 1 unspecified atom stereocenters. The Balaban J connectivity index is 2.29. The molecule has 20 heavy (non-hydrogen) atoms. The number of carbonyl (C=O) groups excluding carboxylic acids is 1. The zero-order valence-electron chi connectivity index (χ0n) is 12.2. The highest BCUT2D eigenvalue weighted by Crippen LogP contribution is 2.37. The molecule has 1 aliphatic rings. The number of hydrogen-bond acceptors (Lipinski definition) is 3. The lowest BCUT2D eigenvalue weighted by atomic mass is 9.75. The molecule has 108 valence electrons. The summed E-state index contributed by atoms with van der Waals surface area (Å²) >= 11 is 0.